The van der Waals surface area contributed by atoms with Crippen LogP contribution in [0, 0.1) is 10.1 Å². The number of rotatable bonds is 4. The molecule has 0 aliphatic carbocycles. The molecular weight excluding hydrogens is 368 g/mol. The SMILES string of the molecule is C[C@H]1CN(c2ncccc2[N+](=O)[O-])CCN1C(=O)/C=C/c1cccc(Cl)c1. The van der Waals surface area contributed by atoms with E-state index in [1.54, 1.807) is 29.2 Å². The zero-order valence-corrected chi connectivity index (χ0v) is 15.5. The van der Waals surface area contributed by atoms with Gasteiger partial charge in [0.15, 0.2) is 0 Å². The number of nitrogens with zero attached hydrogens (tertiary/aromatic N) is 4. The Kier molecular flexibility index (Phi) is 5.71. The lowest BCUT2D eigenvalue weighted by atomic mass is 10.1. The Bertz CT molecular complexity index is 887. The highest BCUT2D eigenvalue weighted by Crippen LogP contribution is 2.27. The summed E-state index contributed by atoms with van der Waals surface area (Å²) in [5.74, 6) is 0.244. The molecule has 3 rings (SSSR count). The molecule has 1 fully saturated rings. The number of hydrogen-bond donors (Lipinski definition) is 0. The van der Waals surface area contributed by atoms with E-state index < -0.39 is 4.92 Å². The minimum atomic E-state index is -0.432. The van der Waals surface area contributed by atoms with Crippen molar-refractivity contribution in [3.05, 3.63) is 69.4 Å². The number of aromatic nitrogens is 1. The number of hydrogen-bond acceptors (Lipinski definition) is 5. The van der Waals surface area contributed by atoms with E-state index >= 15 is 0 Å². The van der Waals surface area contributed by atoms with E-state index in [9.17, 15) is 14.9 Å². The maximum atomic E-state index is 12.5. The normalized spacial score (nSPS) is 17.3. The second-order valence-electron chi connectivity index (χ2n) is 6.32. The van der Waals surface area contributed by atoms with E-state index in [0.29, 0.717) is 30.5 Å². The van der Waals surface area contributed by atoms with Crippen LogP contribution in [0.4, 0.5) is 11.5 Å². The number of anilines is 1. The van der Waals surface area contributed by atoms with Crippen LogP contribution >= 0.6 is 11.6 Å². The molecule has 2 heterocycles. The van der Waals surface area contributed by atoms with E-state index in [1.165, 1.54) is 18.3 Å². The largest absolute Gasteiger partial charge is 0.347 e. The van der Waals surface area contributed by atoms with Crippen molar-refractivity contribution >= 4 is 35.1 Å². The average Bonchev–Trinajstić information content (AvgIpc) is 2.66. The van der Waals surface area contributed by atoms with Gasteiger partial charge in [0.1, 0.15) is 0 Å². The van der Waals surface area contributed by atoms with Crippen molar-refractivity contribution < 1.29 is 9.72 Å². The summed E-state index contributed by atoms with van der Waals surface area (Å²) in [4.78, 5) is 31.1. The van der Waals surface area contributed by atoms with Gasteiger partial charge in [0.2, 0.25) is 11.7 Å². The molecule has 27 heavy (non-hydrogen) atoms. The Morgan fingerprint density at radius 3 is 2.85 bits per heavy atom. The van der Waals surface area contributed by atoms with Gasteiger partial charge in [0.25, 0.3) is 0 Å². The highest BCUT2D eigenvalue weighted by molar-refractivity contribution is 6.30. The van der Waals surface area contributed by atoms with Gasteiger partial charge in [-0.25, -0.2) is 4.98 Å². The van der Waals surface area contributed by atoms with Gasteiger partial charge in [0, 0.05) is 49.0 Å². The molecule has 1 aliphatic heterocycles. The predicted molar refractivity (Wildman–Crippen MR) is 105 cm³/mol. The zero-order valence-electron chi connectivity index (χ0n) is 14.8. The van der Waals surface area contributed by atoms with Crippen LogP contribution in [-0.4, -0.2) is 46.4 Å². The van der Waals surface area contributed by atoms with Gasteiger partial charge < -0.3 is 9.80 Å². The van der Waals surface area contributed by atoms with Crippen LogP contribution in [0.2, 0.25) is 5.02 Å². The van der Waals surface area contributed by atoms with E-state index in [2.05, 4.69) is 4.98 Å². The lowest BCUT2D eigenvalue weighted by Crippen LogP contribution is -2.54. The van der Waals surface area contributed by atoms with Crippen LogP contribution in [0.25, 0.3) is 6.08 Å². The molecule has 8 heteroatoms. The second kappa shape index (κ2) is 8.18. The second-order valence-corrected chi connectivity index (χ2v) is 6.75. The van der Waals surface area contributed by atoms with Crippen LogP contribution in [0.3, 0.4) is 0 Å². The number of nitro groups is 1. The summed E-state index contributed by atoms with van der Waals surface area (Å²) >= 11 is 5.95. The Morgan fingerprint density at radius 2 is 2.15 bits per heavy atom. The number of halogens is 1. The number of carbonyl (C=O) groups excluding carboxylic acids is 1. The summed E-state index contributed by atoms with van der Waals surface area (Å²) in [6.45, 7) is 3.35. The van der Waals surface area contributed by atoms with Gasteiger partial charge in [-0.1, -0.05) is 23.7 Å². The van der Waals surface area contributed by atoms with Crippen molar-refractivity contribution in [3.8, 4) is 0 Å². The van der Waals surface area contributed by atoms with Gasteiger partial charge >= 0.3 is 5.69 Å². The summed E-state index contributed by atoms with van der Waals surface area (Å²) in [5, 5.41) is 11.8. The van der Waals surface area contributed by atoms with Crippen LogP contribution in [-0.2, 0) is 4.79 Å². The number of amides is 1. The lowest BCUT2D eigenvalue weighted by Gasteiger charge is -2.39. The zero-order chi connectivity index (χ0) is 19.4. The van der Waals surface area contributed by atoms with Crippen molar-refractivity contribution in [1.29, 1.82) is 0 Å². The van der Waals surface area contributed by atoms with Gasteiger partial charge in [-0.2, -0.15) is 0 Å². The van der Waals surface area contributed by atoms with Gasteiger partial charge in [-0.05, 0) is 36.8 Å². The van der Waals surface area contributed by atoms with E-state index in [-0.39, 0.29) is 17.6 Å². The molecule has 0 radical (unpaired) electrons. The lowest BCUT2D eigenvalue weighted by molar-refractivity contribution is -0.384. The Labute approximate surface area is 162 Å². The first kappa shape index (κ1) is 18.8. The molecule has 0 spiro atoms. The van der Waals surface area contributed by atoms with E-state index in [1.807, 2.05) is 24.0 Å². The molecule has 7 nitrogen and oxygen atoms in total. The third-order valence-electron chi connectivity index (χ3n) is 4.44. The molecule has 0 unspecified atom stereocenters. The highest BCUT2D eigenvalue weighted by atomic mass is 35.5. The number of carbonyl (C=O) groups is 1. The van der Waals surface area contributed by atoms with Crippen molar-refractivity contribution in [2.75, 3.05) is 24.5 Å². The molecular formula is C19H19ClN4O3. The van der Waals surface area contributed by atoms with Crippen LogP contribution in [0.1, 0.15) is 12.5 Å². The van der Waals surface area contributed by atoms with Crippen molar-refractivity contribution in [1.82, 2.24) is 9.88 Å². The summed E-state index contributed by atoms with van der Waals surface area (Å²) in [5.41, 5.74) is 0.830. The fraction of sp³-hybridized carbons (Fsp3) is 0.263. The van der Waals surface area contributed by atoms with Gasteiger partial charge in [0.05, 0.1) is 4.92 Å². The molecule has 1 aliphatic rings. The van der Waals surface area contributed by atoms with Crippen molar-refractivity contribution in [2.45, 2.75) is 13.0 Å². The molecule has 1 atom stereocenters. The molecule has 0 saturated carbocycles. The standard InChI is InChI=1S/C19H19ClN4O3/c1-14-13-22(19-17(24(26)27)6-3-9-21-19)10-11-23(14)18(25)8-7-15-4-2-5-16(20)12-15/h2-9,12,14H,10-11,13H2,1H3/b8-7+/t14-/m0/s1. The van der Waals surface area contributed by atoms with Crippen LogP contribution in [0.15, 0.2) is 48.7 Å². The average molecular weight is 387 g/mol. The quantitative estimate of drug-likeness (QED) is 0.457. The van der Waals surface area contributed by atoms with Crippen LogP contribution < -0.4 is 4.90 Å². The smallest absolute Gasteiger partial charge is 0.311 e. The van der Waals surface area contributed by atoms with Crippen molar-refractivity contribution in [2.24, 2.45) is 0 Å². The minimum Gasteiger partial charge on any atom is -0.347 e. The molecule has 2 aromatic rings. The maximum absolute atomic E-state index is 12.5. The fourth-order valence-electron chi connectivity index (χ4n) is 3.13. The predicted octanol–water partition coefficient (Wildman–Crippen LogP) is 3.39. The molecule has 0 bridgehead atoms. The van der Waals surface area contributed by atoms with Gasteiger partial charge in [-0.3, -0.25) is 14.9 Å². The summed E-state index contributed by atoms with van der Waals surface area (Å²) in [6, 6.07) is 10.2. The number of benzene rings is 1. The van der Waals surface area contributed by atoms with E-state index in [4.69, 9.17) is 11.6 Å². The van der Waals surface area contributed by atoms with Crippen molar-refractivity contribution in [3.63, 3.8) is 0 Å². The Morgan fingerprint density at radius 1 is 1.33 bits per heavy atom. The molecule has 1 aromatic heterocycles. The summed E-state index contributed by atoms with van der Waals surface area (Å²) in [6.07, 6.45) is 4.80. The van der Waals surface area contributed by atoms with E-state index in [0.717, 1.165) is 5.56 Å². The monoisotopic (exact) mass is 386 g/mol. The topological polar surface area (TPSA) is 79.6 Å². The Balaban J connectivity index is 1.68. The fourth-order valence-corrected chi connectivity index (χ4v) is 3.32. The molecule has 140 valence electrons. The highest BCUT2D eigenvalue weighted by Gasteiger charge is 2.30. The minimum absolute atomic E-state index is 0.0228. The summed E-state index contributed by atoms with van der Waals surface area (Å²) in [7, 11) is 0. The van der Waals surface area contributed by atoms with Crippen LogP contribution in [0.5, 0.6) is 0 Å². The summed E-state index contributed by atoms with van der Waals surface area (Å²) < 4.78 is 0. The molecule has 1 amide bonds. The third-order valence-corrected chi connectivity index (χ3v) is 4.68. The first-order chi connectivity index (χ1) is 13.0. The van der Waals surface area contributed by atoms with Gasteiger partial charge in [-0.15, -0.1) is 0 Å². The first-order valence-corrected chi connectivity index (χ1v) is 8.92. The Hall–Kier alpha value is -2.93. The maximum Gasteiger partial charge on any atom is 0.311 e. The number of piperazine rings is 1. The first-order valence-electron chi connectivity index (χ1n) is 8.54. The molecule has 1 saturated heterocycles. The third kappa shape index (κ3) is 4.43. The molecule has 1 aromatic carbocycles. The molecule has 0 N–H and O–H groups in total. The number of pyridine rings is 1.